The highest BCUT2D eigenvalue weighted by atomic mass is 16.7. The van der Waals surface area contributed by atoms with Crippen molar-refractivity contribution in [2.45, 2.75) is 245 Å². The lowest BCUT2D eigenvalue weighted by Gasteiger charge is -2.25. The first kappa shape index (κ1) is 65.7. The summed E-state index contributed by atoms with van der Waals surface area (Å²) in [6.07, 6.45) is 62.5. The molecule has 0 aromatic rings. The van der Waals surface area contributed by atoms with E-state index < -0.39 is 24.3 Å². The number of nitrogens with zero attached hydrogens (tertiary/aromatic N) is 1. The molecular weight excluding hydrogens is 863 g/mol. The third-order valence-electron chi connectivity index (χ3n) is 11.9. The van der Waals surface area contributed by atoms with Gasteiger partial charge in [0, 0.05) is 12.8 Å². The van der Waals surface area contributed by atoms with Gasteiger partial charge in [-0.3, -0.25) is 9.59 Å². The molecule has 0 aliphatic carbocycles. The van der Waals surface area contributed by atoms with E-state index in [1.54, 1.807) is 0 Å². The van der Waals surface area contributed by atoms with Crippen LogP contribution in [-0.2, 0) is 33.3 Å². The van der Waals surface area contributed by atoms with E-state index in [2.05, 4.69) is 86.8 Å². The Hall–Kier alpha value is -3.27. The molecule has 9 nitrogen and oxygen atoms in total. The number of carbonyl (C=O) groups is 3. The zero-order valence-electron chi connectivity index (χ0n) is 45.2. The van der Waals surface area contributed by atoms with Gasteiger partial charge in [0.2, 0.25) is 0 Å². The molecule has 0 aliphatic rings. The van der Waals surface area contributed by atoms with Crippen LogP contribution in [0.2, 0.25) is 0 Å². The van der Waals surface area contributed by atoms with Crippen molar-refractivity contribution in [2.75, 3.05) is 47.5 Å². The topological polar surface area (TPSA) is 108 Å². The molecule has 2 unspecified atom stereocenters. The molecule has 0 saturated carbocycles. The Kier molecular flexibility index (Phi) is 48.7. The van der Waals surface area contributed by atoms with Crippen LogP contribution in [0.4, 0.5) is 0 Å². The lowest BCUT2D eigenvalue weighted by Crippen LogP contribution is -2.40. The molecule has 0 aliphatic heterocycles. The van der Waals surface area contributed by atoms with Crippen LogP contribution >= 0.6 is 0 Å². The van der Waals surface area contributed by atoms with Crippen LogP contribution in [0.5, 0.6) is 0 Å². The minimum Gasteiger partial charge on any atom is -0.477 e. The number of allylic oxidation sites excluding steroid dienone is 12. The van der Waals surface area contributed by atoms with Gasteiger partial charge < -0.3 is 28.5 Å². The number of carbonyl (C=O) groups excluding carboxylic acids is 2. The highest BCUT2D eigenvalue weighted by Crippen LogP contribution is 2.15. The first-order valence-electron chi connectivity index (χ1n) is 28.1. The first-order chi connectivity index (χ1) is 33.6. The number of carboxylic acids is 1. The Balaban J connectivity index is 4.29. The van der Waals surface area contributed by atoms with Crippen molar-refractivity contribution in [1.82, 2.24) is 0 Å². The standard InChI is InChI=1S/C60H105NO8/c1-6-8-10-12-14-16-18-20-22-24-26-28-29-31-32-34-36-38-40-42-44-46-48-50-57(62)67-54-56(55-68-60(59(64)65)66-53-52-61(3,4)5)69-58(63)51-49-47-45-43-41-39-37-35-33-30-27-25-23-21-19-17-15-13-11-9-7-2/h9,11,15,17-18,20-21,23-24,26-27,30,56,60H,6-8,10,12-14,16,19,22,25,28-29,31-55H2,1-5H3/p+1/b11-9-,17-15-,20-18-,23-21-,26-24-,30-27-. The summed E-state index contributed by atoms with van der Waals surface area (Å²) in [6, 6.07) is 0. The average Bonchev–Trinajstić information content (AvgIpc) is 3.31. The van der Waals surface area contributed by atoms with Crippen molar-refractivity contribution in [3.05, 3.63) is 72.9 Å². The van der Waals surface area contributed by atoms with E-state index in [9.17, 15) is 19.5 Å². The summed E-state index contributed by atoms with van der Waals surface area (Å²) in [5.74, 6) is -2.02. The van der Waals surface area contributed by atoms with E-state index in [0.29, 0.717) is 23.9 Å². The van der Waals surface area contributed by atoms with Crippen LogP contribution in [0.15, 0.2) is 72.9 Å². The fraction of sp³-hybridized carbons (Fsp3) is 0.750. The molecule has 0 bridgehead atoms. The average molecular weight is 970 g/mol. The van der Waals surface area contributed by atoms with E-state index in [-0.39, 0.29) is 32.2 Å². The lowest BCUT2D eigenvalue weighted by molar-refractivity contribution is -0.870. The van der Waals surface area contributed by atoms with Crippen LogP contribution in [0.1, 0.15) is 232 Å². The number of unbranched alkanes of at least 4 members (excludes halogenated alkanes) is 24. The SMILES string of the molecule is CC/C=C\C/C=C\C/C=C\C/C=C\CCCCCCCCCCC(=O)OC(COC(=O)CCCCCCCCCCCCC/C=C\C/C=C\CCCCCCC)COC(OCC[N+](C)(C)C)C(=O)O. The third-order valence-corrected chi connectivity index (χ3v) is 11.9. The molecular formula is C60H106NO8+. The number of aliphatic carboxylic acids is 1. The summed E-state index contributed by atoms with van der Waals surface area (Å²) < 4.78 is 22.9. The van der Waals surface area contributed by atoms with Crippen molar-refractivity contribution in [3.8, 4) is 0 Å². The molecule has 2 atom stereocenters. The van der Waals surface area contributed by atoms with Crippen molar-refractivity contribution in [2.24, 2.45) is 0 Å². The number of hydrogen-bond donors (Lipinski definition) is 1. The summed E-state index contributed by atoms with van der Waals surface area (Å²) in [5, 5.41) is 9.70. The molecule has 0 aromatic heterocycles. The normalized spacial score (nSPS) is 13.3. The molecule has 0 amide bonds. The molecule has 1 N–H and O–H groups in total. The van der Waals surface area contributed by atoms with Crippen LogP contribution in [0.3, 0.4) is 0 Å². The van der Waals surface area contributed by atoms with Gasteiger partial charge in [-0.1, -0.05) is 209 Å². The predicted molar refractivity (Wildman–Crippen MR) is 290 cm³/mol. The molecule has 398 valence electrons. The van der Waals surface area contributed by atoms with E-state index in [0.717, 1.165) is 77.0 Å². The molecule has 69 heavy (non-hydrogen) atoms. The Bertz CT molecular complexity index is 1360. The predicted octanol–water partition coefficient (Wildman–Crippen LogP) is 16.2. The van der Waals surface area contributed by atoms with E-state index >= 15 is 0 Å². The minimum absolute atomic E-state index is 0.183. The highest BCUT2D eigenvalue weighted by molar-refractivity contribution is 5.71. The molecule has 0 rings (SSSR count). The summed E-state index contributed by atoms with van der Waals surface area (Å²) >= 11 is 0. The van der Waals surface area contributed by atoms with Gasteiger partial charge in [-0.15, -0.1) is 0 Å². The number of esters is 2. The number of ether oxygens (including phenoxy) is 4. The number of carboxylic acid groups (broad SMARTS) is 1. The molecule has 0 fully saturated rings. The maximum atomic E-state index is 12.9. The van der Waals surface area contributed by atoms with Gasteiger partial charge in [-0.25, -0.2) is 4.79 Å². The monoisotopic (exact) mass is 969 g/mol. The van der Waals surface area contributed by atoms with E-state index in [1.807, 2.05) is 21.1 Å². The second kappa shape index (κ2) is 51.1. The quantitative estimate of drug-likeness (QED) is 0.0211. The zero-order valence-corrected chi connectivity index (χ0v) is 45.2. The zero-order chi connectivity index (χ0) is 50.6. The molecule has 0 spiro atoms. The number of rotatable bonds is 51. The largest absolute Gasteiger partial charge is 0.477 e. The fourth-order valence-corrected chi connectivity index (χ4v) is 7.62. The van der Waals surface area contributed by atoms with Crippen molar-refractivity contribution in [1.29, 1.82) is 0 Å². The minimum atomic E-state index is -1.52. The smallest absolute Gasteiger partial charge is 0.361 e. The lowest BCUT2D eigenvalue weighted by atomic mass is 10.0. The van der Waals surface area contributed by atoms with E-state index in [4.69, 9.17) is 18.9 Å². The number of likely N-dealkylation sites (N-methyl/N-ethyl adjacent to an activating group) is 1. The Morgan fingerprint density at radius 1 is 0.449 bits per heavy atom. The molecule has 9 heteroatoms. The Morgan fingerprint density at radius 3 is 1.23 bits per heavy atom. The van der Waals surface area contributed by atoms with Gasteiger partial charge in [0.15, 0.2) is 6.10 Å². The fourth-order valence-electron chi connectivity index (χ4n) is 7.62. The van der Waals surface area contributed by atoms with Gasteiger partial charge in [0.25, 0.3) is 6.29 Å². The second-order valence-electron chi connectivity index (χ2n) is 19.9. The molecule has 0 heterocycles. The third kappa shape index (κ3) is 52.4. The van der Waals surface area contributed by atoms with Gasteiger partial charge in [-0.2, -0.15) is 0 Å². The van der Waals surface area contributed by atoms with E-state index in [1.165, 1.54) is 122 Å². The second-order valence-corrected chi connectivity index (χ2v) is 19.9. The maximum absolute atomic E-state index is 12.9. The van der Waals surface area contributed by atoms with Crippen LogP contribution in [0.25, 0.3) is 0 Å². The van der Waals surface area contributed by atoms with Crippen molar-refractivity contribution in [3.63, 3.8) is 0 Å². The van der Waals surface area contributed by atoms with Crippen molar-refractivity contribution < 1.29 is 42.9 Å². The Morgan fingerprint density at radius 2 is 0.826 bits per heavy atom. The summed E-state index contributed by atoms with van der Waals surface area (Å²) in [5.41, 5.74) is 0. The summed E-state index contributed by atoms with van der Waals surface area (Å²) in [6.45, 7) is 4.75. The maximum Gasteiger partial charge on any atom is 0.361 e. The summed E-state index contributed by atoms with van der Waals surface area (Å²) in [4.78, 5) is 37.4. The van der Waals surface area contributed by atoms with Gasteiger partial charge in [0.1, 0.15) is 13.2 Å². The van der Waals surface area contributed by atoms with Crippen molar-refractivity contribution >= 4 is 17.9 Å². The van der Waals surface area contributed by atoms with Crippen LogP contribution in [-0.4, -0.2) is 87.4 Å². The highest BCUT2D eigenvalue weighted by Gasteiger charge is 2.25. The molecule has 0 aromatic carbocycles. The van der Waals surface area contributed by atoms with Gasteiger partial charge >= 0.3 is 17.9 Å². The Labute approximate surface area is 424 Å². The van der Waals surface area contributed by atoms with Crippen LogP contribution < -0.4 is 0 Å². The first-order valence-corrected chi connectivity index (χ1v) is 28.1. The van der Waals surface area contributed by atoms with Crippen LogP contribution in [0, 0.1) is 0 Å². The molecule has 0 saturated heterocycles. The number of quaternary nitrogens is 1. The van der Waals surface area contributed by atoms with Gasteiger partial charge in [-0.05, 0) is 83.5 Å². The van der Waals surface area contributed by atoms with Gasteiger partial charge in [0.05, 0.1) is 34.4 Å². The summed E-state index contributed by atoms with van der Waals surface area (Å²) in [7, 11) is 5.96. The number of hydrogen-bond acceptors (Lipinski definition) is 7. The molecule has 0 radical (unpaired) electrons.